The molecule has 0 aliphatic carbocycles. The Hall–Kier alpha value is -1.94. The van der Waals surface area contributed by atoms with Gasteiger partial charge in [0.1, 0.15) is 12.0 Å². The Kier molecular flexibility index (Phi) is 7.78. The zero-order valence-corrected chi connectivity index (χ0v) is 17.5. The van der Waals surface area contributed by atoms with Crippen LogP contribution in [0.2, 0.25) is 0 Å². The van der Waals surface area contributed by atoms with Gasteiger partial charge >= 0.3 is 11.9 Å². The van der Waals surface area contributed by atoms with E-state index in [1.54, 1.807) is 10.9 Å². The maximum Gasteiger partial charge on any atom is 0.320 e. The monoisotopic (exact) mass is 485 g/mol. The summed E-state index contributed by atoms with van der Waals surface area (Å²) in [4.78, 5) is 27.3. The number of imidazole rings is 1. The molecule has 0 spiro atoms. The van der Waals surface area contributed by atoms with Gasteiger partial charge in [0.05, 0.1) is 12.0 Å². The number of benzene rings is 1. The molecule has 0 fully saturated rings. The second-order valence-corrected chi connectivity index (χ2v) is 8.14. The maximum atomic E-state index is 11.8. The van der Waals surface area contributed by atoms with Crippen molar-refractivity contribution in [2.24, 2.45) is 5.92 Å². The van der Waals surface area contributed by atoms with Crippen molar-refractivity contribution in [1.82, 2.24) is 14.9 Å². The number of carbonyl (C=O) groups is 2. The Labute approximate surface area is 171 Å². The molecule has 7 nitrogen and oxygen atoms in total. The summed E-state index contributed by atoms with van der Waals surface area (Å²) in [5, 5.41) is 21.9. The van der Waals surface area contributed by atoms with Crippen LogP contribution in [-0.4, -0.2) is 44.3 Å². The summed E-state index contributed by atoms with van der Waals surface area (Å²) in [5.74, 6) is -2.68. The van der Waals surface area contributed by atoms with E-state index in [0.29, 0.717) is 18.7 Å². The van der Waals surface area contributed by atoms with E-state index in [-0.39, 0.29) is 12.5 Å². The summed E-state index contributed by atoms with van der Waals surface area (Å²) in [6.45, 7) is 4.40. The minimum Gasteiger partial charge on any atom is -0.481 e. The first-order valence-electron chi connectivity index (χ1n) is 8.71. The normalized spacial score (nSPS) is 13.5. The summed E-state index contributed by atoms with van der Waals surface area (Å²) in [6, 6.07) is 7.18. The number of aromatic nitrogens is 2. The van der Waals surface area contributed by atoms with Gasteiger partial charge in [0.2, 0.25) is 0 Å². The topological polar surface area (TPSA) is 104 Å². The number of aliphatic carboxylic acids is 2. The van der Waals surface area contributed by atoms with Crippen molar-refractivity contribution < 1.29 is 19.8 Å². The molecule has 0 aliphatic rings. The lowest BCUT2D eigenvalue weighted by Crippen LogP contribution is -2.41. The molecule has 3 N–H and O–H groups in total. The minimum atomic E-state index is -1.01. The van der Waals surface area contributed by atoms with E-state index in [1.807, 2.05) is 38.1 Å². The summed E-state index contributed by atoms with van der Waals surface area (Å²) >= 11 is 2.23. The smallest absolute Gasteiger partial charge is 0.320 e. The fraction of sp³-hybridized carbons (Fsp3) is 0.421. The van der Waals surface area contributed by atoms with Crippen molar-refractivity contribution in [1.29, 1.82) is 0 Å². The van der Waals surface area contributed by atoms with Gasteiger partial charge in [0, 0.05) is 22.9 Å². The van der Waals surface area contributed by atoms with Gasteiger partial charge < -0.3 is 20.1 Å². The fourth-order valence-electron chi connectivity index (χ4n) is 2.86. The Morgan fingerprint density at radius 1 is 1.19 bits per heavy atom. The number of rotatable bonds is 10. The minimum absolute atomic E-state index is 0.0252. The van der Waals surface area contributed by atoms with Gasteiger partial charge in [0.25, 0.3) is 0 Å². The van der Waals surface area contributed by atoms with Crippen LogP contribution < -0.4 is 5.32 Å². The summed E-state index contributed by atoms with van der Waals surface area (Å²) in [5.41, 5.74) is 1.58. The maximum absolute atomic E-state index is 11.8. The van der Waals surface area contributed by atoms with Gasteiger partial charge in [-0.3, -0.25) is 9.59 Å². The molecule has 0 saturated carbocycles. The molecule has 27 heavy (non-hydrogen) atoms. The SMILES string of the molecule is CC(C)CC(NCC(C(=O)O)c1cncn1Cc1ccc(I)cc1)C(=O)O. The Balaban J connectivity index is 2.15. The predicted molar refractivity (Wildman–Crippen MR) is 110 cm³/mol. The highest BCUT2D eigenvalue weighted by atomic mass is 127. The standard InChI is InChI=1S/C19H24IN3O4/c1-12(2)7-16(19(26)27)22-8-15(18(24)25)17-9-21-11-23(17)10-13-3-5-14(20)6-4-13/h3-6,9,11-12,15-16,22H,7-8,10H2,1-2H3,(H,24,25)(H,26,27). The van der Waals surface area contributed by atoms with Gasteiger partial charge in [-0.05, 0) is 52.6 Å². The van der Waals surface area contributed by atoms with Crippen LogP contribution in [0.1, 0.15) is 37.4 Å². The Bertz CT molecular complexity index is 774. The number of carboxylic acid groups (broad SMARTS) is 2. The molecular weight excluding hydrogens is 461 g/mol. The highest BCUT2D eigenvalue weighted by Gasteiger charge is 2.27. The first-order valence-corrected chi connectivity index (χ1v) is 9.79. The number of carboxylic acids is 2. The summed E-state index contributed by atoms with van der Waals surface area (Å²) in [7, 11) is 0. The van der Waals surface area contributed by atoms with Crippen LogP contribution in [0, 0.1) is 9.49 Å². The lowest BCUT2D eigenvalue weighted by Gasteiger charge is -2.20. The van der Waals surface area contributed by atoms with Crippen molar-refractivity contribution in [2.45, 2.75) is 38.8 Å². The predicted octanol–water partition coefficient (Wildman–Crippen LogP) is 2.79. The van der Waals surface area contributed by atoms with E-state index in [9.17, 15) is 19.8 Å². The summed E-state index contributed by atoms with van der Waals surface area (Å²) in [6.07, 6.45) is 3.57. The molecular formula is C19H24IN3O4. The van der Waals surface area contributed by atoms with Crippen molar-refractivity contribution in [3.63, 3.8) is 0 Å². The van der Waals surface area contributed by atoms with Crippen LogP contribution in [0.15, 0.2) is 36.8 Å². The van der Waals surface area contributed by atoms with Gasteiger partial charge in [-0.1, -0.05) is 26.0 Å². The van der Waals surface area contributed by atoms with Crippen molar-refractivity contribution in [2.75, 3.05) is 6.54 Å². The molecule has 0 saturated heterocycles. The molecule has 146 valence electrons. The second kappa shape index (κ2) is 9.84. The van der Waals surface area contributed by atoms with E-state index in [2.05, 4.69) is 32.9 Å². The molecule has 1 aromatic heterocycles. The Morgan fingerprint density at radius 2 is 1.85 bits per heavy atom. The third-order valence-corrected chi connectivity index (χ3v) is 4.96. The van der Waals surface area contributed by atoms with Gasteiger partial charge in [0.15, 0.2) is 0 Å². The lowest BCUT2D eigenvalue weighted by molar-refractivity contribution is -0.142. The molecule has 0 radical (unpaired) electrons. The number of hydrogen-bond donors (Lipinski definition) is 3. The van der Waals surface area contributed by atoms with Crippen LogP contribution in [0.25, 0.3) is 0 Å². The van der Waals surface area contributed by atoms with Gasteiger partial charge in [-0.25, -0.2) is 4.98 Å². The Morgan fingerprint density at radius 3 is 2.41 bits per heavy atom. The average Bonchev–Trinajstić information content (AvgIpc) is 3.03. The van der Waals surface area contributed by atoms with Gasteiger partial charge in [-0.15, -0.1) is 0 Å². The quantitative estimate of drug-likeness (QED) is 0.448. The van der Waals surface area contributed by atoms with Crippen LogP contribution in [0.5, 0.6) is 0 Å². The number of hydrogen-bond acceptors (Lipinski definition) is 4. The number of nitrogens with one attached hydrogen (secondary N) is 1. The molecule has 2 aromatic rings. The first-order chi connectivity index (χ1) is 12.8. The van der Waals surface area contributed by atoms with E-state index < -0.39 is 23.9 Å². The zero-order chi connectivity index (χ0) is 20.0. The number of halogens is 1. The molecule has 0 bridgehead atoms. The zero-order valence-electron chi connectivity index (χ0n) is 15.3. The molecule has 1 heterocycles. The molecule has 2 unspecified atom stereocenters. The van der Waals surface area contributed by atoms with Crippen molar-refractivity contribution in [3.8, 4) is 0 Å². The van der Waals surface area contributed by atoms with E-state index in [1.165, 1.54) is 6.20 Å². The molecule has 1 aromatic carbocycles. The molecule has 8 heteroatoms. The lowest BCUT2D eigenvalue weighted by atomic mass is 10.0. The molecule has 0 amide bonds. The van der Waals surface area contributed by atoms with Crippen LogP contribution in [-0.2, 0) is 16.1 Å². The van der Waals surface area contributed by atoms with E-state index >= 15 is 0 Å². The average molecular weight is 485 g/mol. The largest absolute Gasteiger partial charge is 0.481 e. The fourth-order valence-corrected chi connectivity index (χ4v) is 3.22. The first kappa shape index (κ1) is 21.4. The number of nitrogens with zero attached hydrogens (tertiary/aromatic N) is 2. The van der Waals surface area contributed by atoms with Crippen molar-refractivity contribution in [3.05, 3.63) is 51.6 Å². The third kappa shape index (κ3) is 6.31. The second-order valence-electron chi connectivity index (χ2n) is 6.89. The van der Waals surface area contributed by atoms with Crippen molar-refractivity contribution >= 4 is 34.5 Å². The van der Waals surface area contributed by atoms with Crippen LogP contribution >= 0.6 is 22.6 Å². The van der Waals surface area contributed by atoms with E-state index in [4.69, 9.17) is 0 Å². The molecule has 2 rings (SSSR count). The van der Waals surface area contributed by atoms with Gasteiger partial charge in [-0.2, -0.15) is 0 Å². The van der Waals surface area contributed by atoms with Crippen LogP contribution in [0.4, 0.5) is 0 Å². The molecule has 0 aliphatic heterocycles. The third-order valence-electron chi connectivity index (χ3n) is 4.24. The molecule has 2 atom stereocenters. The highest BCUT2D eigenvalue weighted by molar-refractivity contribution is 14.1. The van der Waals surface area contributed by atoms with Crippen LogP contribution in [0.3, 0.4) is 0 Å². The highest BCUT2D eigenvalue weighted by Crippen LogP contribution is 2.18. The summed E-state index contributed by atoms with van der Waals surface area (Å²) < 4.78 is 2.92. The van der Waals surface area contributed by atoms with E-state index in [0.717, 1.165) is 9.13 Å².